The molecule has 0 saturated carbocycles. The number of benzene rings is 2. The van der Waals surface area contributed by atoms with Gasteiger partial charge < -0.3 is 5.32 Å². The third-order valence-corrected chi connectivity index (χ3v) is 3.86. The van der Waals surface area contributed by atoms with Crippen LogP contribution >= 0.6 is 45.8 Å². The number of halogens is 3. The minimum absolute atomic E-state index is 0.270. The highest BCUT2D eigenvalue weighted by Gasteiger charge is 2.12. The first-order valence-electron chi connectivity index (χ1n) is 5.50. The number of carbonyl (C=O) groups excluding carboxylic acids is 1. The van der Waals surface area contributed by atoms with Gasteiger partial charge in [0.2, 0.25) is 0 Å². The number of aryl methyl sites for hydroxylation is 1. The molecule has 0 fully saturated rings. The van der Waals surface area contributed by atoms with Crippen LogP contribution < -0.4 is 5.32 Å². The summed E-state index contributed by atoms with van der Waals surface area (Å²) >= 11 is 14.3. The first kappa shape index (κ1) is 14.6. The van der Waals surface area contributed by atoms with Crippen LogP contribution in [0.1, 0.15) is 15.9 Å². The van der Waals surface area contributed by atoms with Crippen LogP contribution in [0.5, 0.6) is 0 Å². The van der Waals surface area contributed by atoms with Crippen molar-refractivity contribution >= 4 is 57.4 Å². The van der Waals surface area contributed by atoms with Crippen molar-refractivity contribution in [1.82, 2.24) is 0 Å². The summed E-state index contributed by atoms with van der Waals surface area (Å²) in [6.07, 6.45) is 0. The summed E-state index contributed by atoms with van der Waals surface area (Å²) in [6.45, 7) is 1.92. The Bertz CT molecular complexity index is 643. The van der Waals surface area contributed by atoms with E-state index in [4.69, 9.17) is 23.2 Å². The zero-order valence-corrected chi connectivity index (χ0v) is 13.7. The van der Waals surface area contributed by atoms with E-state index in [1.807, 2.05) is 25.1 Å². The summed E-state index contributed by atoms with van der Waals surface area (Å²) < 4.78 is 0.993. The lowest BCUT2D eigenvalue weighted by molar-refractivity contribution is 0.102. The predicted octanol–water partition coefficient (Wildman–Crippen LogP) is 5.16. The van der Waals surface area contributed by atoms with Crippen molar-refractivity contribution < 1.29 is 4.79 Å². The van der Waals surface area contributed by atoms with Gasteiger partial charge in [0, 0.05) is 3.57 Å². The average Bonchev–Trinajstić information content (AvgIpc) is 2.33. The number of hydrogen-bond donors (Lipinski definition) is 1. The topological polar surface area (TPSA) is 29.1 Å². The van der Waals surface area contributed by atoms with E-state index in [1.54, 1.807) is 18.2 Å². The molecular formula is C14H10Cl2INO. The molecule has 0 unspecified atom stereocenters. The molecule has 0 bridgehead atoms. The molecule has 98 valence electrons. The molecule has 2 aromatic carbocycles. The van der Waals surface area contributed by atoms with Gasteiger partial charge in [-0.15, -0.1) is 0 Å². The predicted molar refractivity (Wildman–Crippen MR) is 88.3 cm³/mol. The average molecular weight is 406 g/mol. The molecule has 0 aromatic heterocycles. The van der Waals surface area contributed by atoms with E-state index in [1.165, 1.54) is 0 Å². The normalized spacial score (nSPS) is 10.3. The van der Waals surface area contributed by atoms with Crippen LogP contribution in [0.4, 0.5) is 5.69 Å². The summed E-state index contributed by atoms with van der Waals surface area (Å²) in [5.74, 6) is -0.270. The van der Waals surface area contributed by atoms with Gasteiger partial charge in [0.15, 0.2) is 0 Å². The maximum atomic E-state index is 12.2. The zero-order chi connectivity index (χ0) is 14.0. The second-order valence-electron chi connectivity index (χ2n) is 4.06. The molecule has 0 aliphatic rings. The third kappa shape index (κ3) is 3.61. The van der Waals surface area contributed by atoms with Crippen LogP contribution in [-0.4, -0.2) is 5.91 Å². The molecular weight excluding hydrogens is 396 g/mol. The van der Waals surface area contributed by atoms with E-state index in [9.17, 15) is 4.79 Å². The SMILES string of the molecule is Cc1ccc(C(=O)Nc2cc(I)ccc2Cl)c(Cl)c1. The van der Waals surface area contributed by atoms with E-state index in [-0.39, 0.29) is 5.91 Å². The number of rotatable bonds is 2. The molecule has 0 saturated heterocycles. The van der Waals surface area contributed by atoms with Crippen LogP contribution in [-0.2, 0) is 0 Å². The molecule has 0 aliphatic heterocycles. The summed E-state index contributed by atoms with van der Waals surface area (Å²) in [5, 5.41) is 3.69. The van der Waals surface area contributed by atoms with Crippen LogP contribution in [0.3, 0.4) is 0 Å². The second kappa shape index (κ2) is 6.11. The Morgan fingerprint density at radius 1 is 1.11 bits per heavy atom. The van der Waals surface area contributed by atoms with E-state index in [0.29, 0.717) is 21.3 Å². The van der Waals surface area contributed by atoms with Crippen molar-refractivity contribution in [3.63, 3.8) is 0 Å². The van der Waals surface area contributed by atoms with Gasteiger partial charge in [0.1, 0.15) is 0 Å². The number of amides is 1. The van der Waals surface area contributed by atoms with Crippen LogP contribution in [0.2, 0.25) is 10.0 Å². The van der Waals surface area contributed by atoms with Gasteiger partial charge in [-0.05, 0) is 65.4 Å². The lowest BCUT2D eigenvalue weighted by Gasteiger charge is -2.09. The fourth-order valence-corrected chi connectivity index (χ4v) is 2.56. The van der Waals surface area contributed by atoms with Gasteiger partial charge in [-0.2, -0.15) is 0 Å². The molecule has 19 heavy (non-hydrogen) atoms. The Labute approximate surface area is 135 Å². The Balaban J connectivity index is 2.28. The summed E-state index contributed by atoms with van der Waals surface area (Å²) in [5.41, 5.74) is 2.02. The minimum Gasteiger partial charge on any atom is -0.321 e. The molecule has 2 aromatic rings. The van der Waals surface area contributed by atoms with Crippen LogP contribution in [0, 0.1) is 10.5 Å². The van der Waals surface area contributed by atoms with Crippen LogP contribution in [0.25, 0.3) is 0 Å². The molecule has 1 N–H and O–H groups in total. The lowest BCUT2D eigenvalue weighted by atomic mass is 10.1. The van der Waals surface area contributed by atoms with Crippen LogP contribution in [0.15, 0.2) is 36.4 Å². The highest BCUT2D eigenvalue weighted by atomic mass is 127. The van der Waals surface area contributed by atoms with Crippen molar-refractivity contribution in [1.29, 1.82) is 0 Å². The fourth-order valence-electron chi connectivity index (χ4n) is 1.59. The number of nitrogens with one attached hydrogen (secondary N) is 1. The van der Waals surface area contributed by atoms with Gasteiger partial charge in [0.05, 0.1) is 21.3 Å². The maximum absolute atomic E-state index is 12.2. The number of anilines is 1. The number of carbonyl (C=O) groups is 1. The van der Waals surface area contributed by atoms with Crippen molar-refractivity contribution in [2.24, 2.45) is 0 Å². The summed E-state index contributed by atoms with van der Waals surface area (Å²) in [4.78, 5) is 12.2. The Hall–Kier alpha value is -0.780. The molecule has 0 aliphatic carbocycles. The Morgan fingerprint density at radius 3 is 2.53 bits per heavy atom. The fraction of sp³-hybridized carbons (Fsp3) is 0.0714. The Kier molecular flexibility index (Phi) is 4.71. The molecule has 0 atom stereocenters. The monoisotopic (exact) mass is 405 g/mol. The molecule has 0 spiro atoms. The molecule has 0 heterocycles. The van der Waals surface area contributed by atoms with Crippen molar-refractivity contribution in [3.05, 3.63) is 61.1 Å². The zero-order valence-electron chi connectivity index (χ0n) is 10.0. The van der Waals surface area contributed by atoms with Crippen molar-refractivity contribution in [3.8, 4) is 0 Å². The van der Waals surface area contributed by atoms with E-state index < -0.39 is 0 Å². The first-order chi connectivity index (χ1) is 8.97. The van der Waals surface area contributed by atoms with E-state index in [2.05, 4.69) is 27.9 Å². The summed E-state index contributed by atoms with van der Waals surface area (Å²) in [6, 6.07) is 10.7. The van der Waals surface area contributed by atoms with Crippen molar-refractivity contribution in [2.75, 3.05) is 5.32 Å². The lowest BCUT2D eigenvalue weighted by Crippen LogP contribution is -2.13. The molecule has 0 radical (unpaired) electrons. The minimum atomic E-state index is -0.270. The highest BCUT2D eigenvalue weighted by Crippen LogP contribution is 2.25. The molecule has 2 nitrogen and oxygen atoms in total. The van der Waals surface area contributed by atoms with Gasteiger partial charge >= 0.3 is 0 Å². The largest absolute Gasteiger partial charge is 0.321 e. The van der Waals surface area contributed by atoms with E-state index >= 15 is 0 Å². The standard InChI is InChI=1S/C14H10Cl2INO/c1-8-2-4-10(12(16)6-8)14(19)18-13-7-9(17)3-5-11(13)15/h2-7H,1H3,(H,18,19). The quantitative estimate of drug-likeness (QED) is 0.687. The van der Waals surface area contributed by atoms with Gasteiger partial charge in [-0.3, -0.25) is 4.79 Å². The second-order valence-corrected chi connectivity index (χ2v) is 6.12. The van der Waals surface area contributed by atoms with E-state index in [0.717, 1.165) is 9.13 Å². The Morgan fingerprint density at radius 2 is 1.84 bits per heavy atom. The third-order valence-electron chi connectivity index (χ3n) is 2.55. The maximum Gasteiger partial charge on any atom is 0.257 e. The molecule has 5 heteroatoms. The van der Waals surface area contributed by atoms with Gasteiger partial charge in [-0.1, -0.05) is 29.3 Å². The molecule has 1 amide bonds. The first-order valence-corrected chi connectivity index (χ1v) is 7.33. The molecule has 2 rings (SSSR count). The van der Waals surface area contributed by atoms with Gasteiger partial charge in [0.25, 0.3) is 5.91 Å². The summed E-state index contributed by atoms with van der Waals surface area (Å²) in [7, 11) is 0. The smallest absolute Gasteiger partial charge is 0.257 e. The highest BCUT2D eigenvalue weighted by molar-refractivity contribution is 14.1. The number of hydrogen-bond acceptors (Lipinski definition) is 1. The van der Waals surface area contributed by atoms with Crippen molar-refractivity contribution in [2.45, 2.75) is 6.92 Å². The van der Waals surface area contributed by atoms with Gasteiger partial charge in [-0.25, -0.2) is 0 Å².